The maximum atomic E-state index is 9.32. The summed E-state index contributed by atoms with van der Waals surface area (Å²) in [7, 11) is -11.4. The summed E-state index contributed by atoms with van der Waals surface area (Å²) in [5, 5.41) is 0. The standard InChI is InChI=1S/2Nb.H4O7P2/c;;1-8(2,3)7-9(4,5)6/h;;(H2,1,2,3)(H2,4,5,6)/q2*+5;/p-4. The first-order valence-electron chi connectivity index (χ1n) is 1.46. The average molecular weight is 360 g/mol. The van der Waals surface area contributed by atoms with Crippen LogP contribution in [0.5, 0.6) is 0 Å². The second-order valence-corrected chi connectivity index (χ2v) is 3.42. The van der Waals surface area contributed by atoms with Crippen LogP contribution in [-0.2, 0) is 58.2 Å². The molecule has 0 atom stereocenters. The van der Waals surface area contributed by atoms with Gasteiger partial charge in [0.1, 0.15) is 0 Å². The first-order chi connectivity index (χ1) is 3.71. The van der Waals surface area contributed by atoms with Gasteiger partial charge < -0.3 is 33.0 Å². The van der Waals surface area contributed by atoms with E-state index < -0.39 is 15.6 Å². The predicted octanol–water partition coefficient (Wildman–Crippen LogP) is -3.34. The van der Waals surface area contributed by atoms with Gasteiger partial charge in [0.25, 0.3) is 0 Å². The molecule has 0 aromatic rings. The molecule has 0 fully saturated rings. The Balaban J connectivity index is -0.000000320. The molecule has 7 nitrogen and oxygen atoms in total. The van der Waals surface area contributed by atoms with Crippen LogP contribution in [0.4, 0.5) is 0 Å². The molecule has 0 radical (unpaired) electrons. The van der Waals surface area contributed by atoms with E-state index in [2.05, 4.69) is 4.31 Å². The Labute approximate surface area is 93.0 Å². The number of hydrogen-bond donors (Lipinski definition) is 0. The van der Waals surface area contributed by atoms with E-state index in [1.807, 2.05) is 0 Å². The second-order valence-electron chi connectivity index (χ2n) is 0.976. The zero-order valence-electron chi connectivity index (χ0n) is 4.65. The summed E-state index contributed by atoms with van der Waals surface area (Å²) in [5.74, 6) is 0. The summed E-state index contributed by atoms with van der Waals surface area (Å²) in [4.78, 5) is 37.3. The van der Waals surface area contributed by atoms with Crippen molar-refractivity contribution >= 4 is 15.6 Å². The van der Waals surface area contributed by atoms with Gasteiger partial charge in [-0.05, 0) is 0 Å². The fourth-order valence-corrected chi connectivity index (χ4v) is 1.10. The van der Waals surface area contributed by atoms with Crippen LogP contribution in [0.2, 0.25) is 0 Å². The van der Waals surface area contributed by atoms with E-state index in [4.69, 9.17) is 0 Å². The minimum Gasteiger partial charge on any atom is -0.790 e. The van der Waals surface area contributed by atoms with E-state index in [-0.39, 0.29) is 44.8 Å². The molecule has 11 heavy (non-hydrogen) atoms. The minimum absolute atomic E-state index is 0. The summed E-state index contributed by atoms with van der Waals surface area (Å²) in [5.41, 5.74) is 0. The molecule has 0 N–H and O–H groups in total. The smallest absolute Gasteiger partial charge is 0.790 e. The summed E-state index contributed by atoms with van der Waals surface area (Å²) in [6.45, 7) is 0. The molecule has 0 aromatic heterocycles. The second kappa shape index (κ2) is 6.23. The molecular formula is Nb2O7P2+6. The van der Waals surface area contributed by atoms with Crippen molar-refractivity contribution in [1.82, 2.24) is 0 Å². The molecule has 0 heterocycles. The van der Waals surface area contributed by atoms with Gasteiger partial charge in [-0.1, -0.05) is 0 Å². The van der Waals surface area contributed by atoms with Crippen molar-refractivity contribution in [2.24, 2.45) is 0 Å². The van der Waals surface area contributed by atoms with Crippen LogP contribution in [0.15, 0.2) is 0 Å². The van der Waals surface area contributed by atoms with Crippen LogP contribution >= 0.6 is 15.6 Å². The van der Waals surface area contributed by atoms with Crippen LogP contribution in [0.3, 0.4) is 0 Å². The SMILES string of the molecule is O=P([O-])([O-])OP(=O)([O-])[O-].[Nb+5].[Nb+5]. The third-order valence-electron chi connectivity index (χ3n) is 0.200. The Hall–Kier alpha value is 1.74. The van der Waals surface area contributed by atoms with Gasteiger partial charge in [-0.15, -0.1) is 0 Å². The topological polar surface area (TPSA) is 136 Å². The molecule has 0 rings (SSSR count). The van der Waals surface area contributed by atoms with E-state index >= 15 is 0 Å². The molecular weight excluding hydrogens is 360 g/mol. The van der Waals surface area contributed by atoms with Crippen molar-refractivity contribution in [3.63, 3.8) is 0 Å². The van der Waals surface area contributed by atoms with Crippen LogP contribution < -0.4 is 19.6 Å². The summed E-state index contributed by atoms with van der Waals surface area (Å²) < 4.78 is 21.2. The summed E-state index contributed by atoms with van der Waals surface area (Å²) >= 11 is 0. The molecule has 0 spiro atoms. The van der Waals surface area contributed by atoms with Crippen molar-refractivity contribution in [3.05, 3.63) is 0 Å². The monoisotopic (exact) mass is 360 g/mol. The molecule has 56 valence electrons. The van der Waals surface area contributed by atoms with E-state index in [1.54, 1.807) is 0 Å². The van der Waals surface area contributed by atoms with Crippen LogP contribution in [0.25, 0.3) is 0 Å². The normalized spacial score (nSPS) is 11.3. The fourth-order valence-electron chi connectivity index (χ4n) is 0.122. The predicted molar refractivity (Wildman–Crippen MR) is 16.3 cm³/mol. The quantitative estimate of drug-likeness (QED) is 0.371. The van der Waals surface area contributed by atoms with E-state index in [1.165, 1.54) is 0 Å². The third kappa shape index (κ3) is 18.6. The van der Waals surface area contributed by atoms with Crippen molar-refractivity contribution in [2.45, 2.75) is 0 Å². The molecule has 11 heteroatoms. The van der Waals surface area contributed by atoms with Gasteiger partial charge in [-0.2, -0.15) is 0 Å². The minimum atomic E-state index is -5.68. The molecule has 0 aliphatic rings. The Morgan fingerprint density at radius 2 is 1.00 bits per heavy atom. The first-order valence-corrected chi connectivity index (χ1v) is 4.38. The molecule has 0 aliphatic carbocycles. The van der Waals surface area contributed by atoms with Crippen molar-refractivity contribution < 1.29 is 77.8 Å². The largest absolute Gasteiger partial charge is 5.00 e. The van der Waals surface area contributed by atoms with Gasteiger partial charge in [-0.3, -0.25) is 0 Å². The van der Waals surface area contributed by atoms with Crippen LogP contribution in [0, 0.1) is 0 Å². The molecule has 0 amide bonds. The van der Waals surface area contributed by atoms with E-state index in [0.29, 0.717) is 0 Å². The molecule has 0 saturated carbocycles. The Morgan fingerprint density at radius 3 is 1.00 bits per heavy atom. The van der Waals surface area contributed by atoms with Gasteiger partial charge >= 0.3 is 44.8 Å². The van der Waals surface area contributed by atoms with Gasteiger partial charge in [0, 0.05) is 0 Å². The first kappa shape index (κ1) is 18.5. The van der Waals surface area contributed by atoms with Gasteiger partial charge in [0.2, 0.25) is 0 Å². The zero-order valence-corrected chi connectivity index (χ0v) is 10.8. The molecule has 0 aliphatic heterocycles. The number of phosphoric acid groups is 2. The maximum absolute atomic E-state index is 9.32. The third-order valence-corrected chi connectivity index (χ3v) is 1.80. The van der Waals surface area contributed by atoms with Gasteiger partial charge in [-0.25, -0.2) is 0 Å². The average Bonchev–Trinajstić information content (AvgIpc) is 1.14. The van der Waals surface area contributed by atoms with Gasteiger partial charge in [0.05, 0.1) is 15.6 Å². The molecule has 0 saturated heterocycles. The Bertz CT molecular complexity index is 155. The summed E-state index contributed by atoms with van der Waals surface area (Å²) in [6, 6.07) is 0. The van der Waals surface area contributed by atoms with Crippen LogP contribution in [-0.4, -0.2) is 0 Å². The van der Waals surface area contributed by atoms with Crippen LogP contribution in [0.1, 0.15) is 0 Å². The van der Waals surface area contributed by atoms with Gasteiger partial charge in [0.15, 0.2) is 0 Å². The Kier molecular flexibility index (Phi) is 10.5. The molecule has 0 bridgehead atoms. The molecule has 0 aromatic carbocycles. The van der Waals surface area contributed by atoms with Crippen molar-refractivity contribution in [3.8, 4) is 0 Å². The Morgan fingerprint density at radius 1 is 0.818 bits per heavy atom. The number of hydrogen-bond acceptors (Lipinski definition) is 7. The molecule has 0 unspecified atom stereocenters. The number of rotatable bonds is 2. The van der Waals surface area contributed by atoms with Crippen molar-refractivity contribution in [1.29, 1.82) is 0 Å². The summed E-state index contributed by atoms with van der Waals surface area (Å²) in [6.07, 6.45) is 0. The van der Waals surface area contributed by atoms with E-state index in [9.17, 15) is 28.7 Å². The van der Waals surface area contributed by atoms with E-state index in [0.717, 1.165) is 0 Å². The van der Waals surface area contributed by atoms with Crippen molar-refractivity contribution in [2.75, 3.05) is 0 Å². The maximum Gasteiger partial charge on any atom is 5.00 e. The fraction of sp³-hybridized carbons (Fsp3) is 0. The zero-order chi connectivity index (χ0) is 7.71.